The Morgan fingerprint density at radius 2 is 1.50 bits per heavy atom. The molecule has 168 valence electrons. The van der Waals surface area contributed by atoms with Gasteiger partial charge in [-0.25, -0.2) is 4.57 Å². The molecule has 0 unspecified atom stereocenters. The maximum atomic E-state index is 4.98. The van der Waals surface area contributed by atoms with Crippen molar-refractivity contribution in [2.24, 2.45) is 14.1 Å². The molecule has 0 saturated carbocycles. The van der Waals surface area contributed by atoms with E-state index in [1.807, 2.05) is 12.1 Å². The van der Waals surface area contributed by atoms with E-state index in [4.69, 9.17) is 9.97 Å². The van der Waals surface area contributed by atoms with Gasteiger partial charge in [-0.3, -0.25) is 9.97 Å². The van der Waals surface area contributed by atoms with Gasteiger partial charge in [-0.2, -0.15) is 0 Å². The van der Waals surface area contributed by atoms with E-state index < -0.39 is 0 Å². The molecule has 0 N–H and O–H groups in total. The Balaban J connectivity index is 0.00000241. The van der Waals surface area contributed by atoms with Crippen LogP contribution in [0.5, 0.6) is 0 Å². The van der Waals surface area contributed by atoms with Gasteiger partial charge in [-0.05, 0) is 29.4 Å². The number of hydrogen-bond acceptors (Lipinski definition) is 2. The van der Waals surface area contributed by atoms with Crippen molar-refractivity contribution in [1.82, 2.24) is 14.5 Å². The smallest absolute Gasteiger partial charge is 0.397 e. The van der Waals surface area contributed by atoms with Crippen molar-refractivity contribution >= 4 is 21.8 Å². The number of para-hydroxylation sites is 2. The zero-order valence-electron chi connectivity index (χ0n) is 19.0. The molecule has 0 amide bonds. The molecule has 0 saturated heterocycles. The molecule has 5 heteroatoms. The van der Waals surface area contributed by atoms with Gasteiger partial charge >= 0.3 is 21.1 Å². The second kappa shape index (κ2) is 9.04. The number of aromatic nitrogens is 4. The normalized spacial score (nSPS) is 11.1. The van der Waals surface area contributed by atoms with Crippen LogP contribution in [0.4, 0.5) is 0 Å². The van der Waals surface area contributed by atoms with Crippen LogP contribution in [0.15, 0.2) is 91.0 Å². The molecular weight excluding hydrogens is 599 g/mol. The fourth-order valence-electron chi connectivity index (χ4n) is 4.59. The molecule has 34 heavy (non-hydrogen) atoms. The van der Waals surface area contributed by atoms with Crippen LogP contribution in [0.3, 0.4) is 0 Å². The van der Waals surface area contributed by atoms with Crippen molar-refractivity contribution < 1.29 is 25.6 Å². The van der Waals surface area contributed by atoms with Crippen LogP contribution in [0, 0.1) is 6.07 Å². The Kier molecular flexibility index (Phi) is 5.93. The van der Waals surface area contributed by atoms with E-state index in [1.165, 1.54) is 10.9 Å². The average Bonchev–Trinajstić information content (AvgIpc) is 3.37. The molecule has 2 aromatic carbocycles. The molecule has 0 aliphatic rings. The van der Waals surface area contributed by atoms with Gasteiger partial charge in [0.05, 0.1) is 5.69 Å². The zero-order valence-corrected chi connectivity index (χ0v) is 21.2. The first-order valence-corrected chi connectivity index (χ1v) is 11.1. The van der Waals surface area contributed by atoms with Gasteiger partial charge in [-0.15, -0.1) is 35.7 Å². The average molecular weight is 623 g/mol. The topological polar surface area (TPSA) is 34.6 Å². The summed E-state index contributed by atoms with van der Waals surface area (Å²) in [7, 11) is 4.16. The third-order valence-electron chi connectivity index (χ3n) is 6.29. The van der Waals surface area contributed by atoms with Crippen LogP contribution in [-0.4, -0.2) is 14.5 Å². The molecule has 4 aromatic heterocycles. The predicted octanol–water partition coefficient (Wildman–Crippen LogP) is 5.39. The molecule has 6 rings (SSSR count). The van der Waals surface area contributed by atoms with E-state index >= 15 is 0 Å². The van der Waals surface area contributed by atoms with Crippen LogP contribution in [-0.2, 0) is 41.6 Å². The molecular formula is C29H23N4Pt+. The van der Waals surface area contributed by atoms with E-state index in [-0.39, 0.29) is 21.1 Å². The summed E-state index contributed by atoms with van der Waals surface area (Å²) in [5.41, 5.74) is 8.38. The quantitative estimate of drug-likeness (QED) is 0.195. The summed E-state index contributed by atoms with van der Waals surface area (Å²) in [6, 6.07) is 34.8. The molecule has 4 nitrogen and oxygen atoms in total. The fourth-order valence-corrected chi connectivity index (χ4v) is 4.59. The summed E-state index contributed by atoms with van der Waals surface area (Å²) < 4.78 is 4.36. The molecule has 6 aromatic rings. The second-order valence-electron chi connectivity index (χ2n) is 8.40. The van der Waals surface area contributed by atoms with Crippen molar-refractivity contribution in [3.8, 4) is 22.8 Å². The molecule has 0 aliphatic heterocycles. The van der Waals surface area contributed by atoms with E-state index in [9.17, 15) is 0 Å². The molecule has 0 atom stereocenters. The van der Waals surface area contributed by atoms with Gasteiger partial charge in [0.25, 0.3) is 0 Å². The summed E-state index contributed by atoms with van der Waals surface area (Å²) in [5, 5.41) is 2.33. The van der Waals surface area contributed by atoms with Crippen molar-refractivity contribution in [3.05, 3.63) is 108 Å². The van der Waals surface area contributed by atoms with Gasteiger partial charge < -0.3 is 4.57 Å². The Hall–Kier alpha value is -3.49. The Labute approximate surface area is 213 Å². The Morgan fingerprint density at radius 1 is 0.824 bits per heavy atom. The van der Waals surface area contributed by atoms with Crippen molar-refractivity contribution in [3.63, 3.8) is 0 Å². The largest absolute Gasteiger partial charge is 2.00 e. The van der Waals surface area contributed by atoms with Crippen molar-refractivity contribution in [2.45, 2.75) is 6.42 Å². The van der Waals surface area contributed by atoms with Gasteiger partial charge in [0, 0.05) is 30.6 Å². The minimum atomic E-state index is 0. The molecule has 0 aliphatic carbocycles. The number of nitrogens with zero attached hydrogens (tertiary/aromatic N) is 4. The van der Waals surface area contributed by atoms with Crippen LogP contribution in [0.1, 0.15) is 11.4 Å². The Morgan fingerprint density at radius 3 is 2.26 bits per heavy atom. The summed E-state index contributed by atoms with van der Waals surface area (Å²) in [5.74, 6) is 0. The summed E-state index contributed by atoms with van der Waals surface area (Å²) in [6.07, 6.45) is 0.676. The maximum absolute atomic E-state index is 4.98. The fraction of sp³-hybridized carbons (Fsp3) is 0.103. The SMILES string of the molecule is Cn1c(-c2cccc(Cc3cccc(-c4[cH-]c5ccccc5[n+]4C)n3)n2)[c-]c2ccccc21.[Pt+2]. The van der Waals surface area contributed by atoms with Crippen molar-refractivity contribution in [1.29, 1.82) is 0 Å². The molecule has 0 radical (unpaired) electrons. The van der Waals surface area contributed by atoms with Crippen LogP contribution >= 0.6 is 0 Å². The van der Waals surface area contributed by atoms with Crippen LogP contribution in [0.25, 0.3) is 44.6 Å². The summed E-state index contributed by atoms with van der Waals surface area (Å²) >= 11 is 0. The minimum Gasteiger partial charge on any atom is -0.397 e. The van der Waals surface area contributed by atoms with Crippen LogP contribution in [0.2, 0.25) is 0 Å². The molecule has 0 spiro atoms. The minimum absolute atomic E-state index is 0. The van der Waals surface area contributed by atoms with Gasteiger partial charge in [0.2, 0.25) is 0 Å². The third kappa shape index (κ3) is 3.89. The maximum Gasteiger partial charge on any atom is 2.00 e. The number of benzene rings is 2. The number of fused-ring (bicyclic) bond motifs is 2. The monoisotopic (exact) mass is 622 g/mol. The standard InChI is InChI=1S/C29H23N4.Pt/c1-32-26-15-5-3-9-20(26)17-28(32)24-13-7-11-22(30-24)19-23-12-8-14-25(31-23)29-18-21-10-4-6-16-27(21)33(29)2;/h3-17H,19H2,1-2H3;/q-1;+2. The van der Waals surface area contributed by atoms with E-state index in [0.717, 1.165) is 45.1 Å². The summed E-state index contributed by atoms with van der Waals surface area (Å²) in [4.78, 5) is 9.93. The van der Waals surface area contributed by atoms with Crippen molar-refractivity contribution in [2.75, 3.05) is 0 Å². The van der Waals surface area contributed by atoms with E-state index in [1.54, 1.807) is 0 Å². The number of rotatable bonds is 4. The molecule has 0 fully saturated rings. The van der Waals surface area contributed by atoms with Gasteiger partial charge in [0.15, 0.2) is 0 Å². The number of hydrogen-bond donors (Lipinski definition) is 0. The first kappa shape index (κ1) is 22.3. The van der Waals surface area contributed by atoms with Gasteiger partial charge in [-0.1, -0.05) is 53.9 Å². The van der Waals surface area contributed by atoms with E-state index in [2.05, 4.69) is 108 Å². The van der Waals surface area contributed by atoms with Crippen LogP contribution < -0.4 is 4.57 Å². The Bertz CT molecular complexity index is 1500. The second-order valence-corrected chi connectivity index (χ2v) is 8.40. The molecule has 4 heterocycles. The number of aryl methyl sites for hydroxylation is 2. The first-order valence-electron chi connectivity index (χ1n) is 11.1. The predicted molar refractivity (Wildman–Crippen MR) is 132 cm³/mol. The van der Waals surface area contributed by atoms with E-state index in [0.29, 0.717) is 6.42 Å². The zero-order chi connectivity index (χ0) is 22.4. The van der Waals surface area contributed by atoms with Gasteiger partial charge in [0.1, 0.15) is 18.3 Å². The third-order valence-corrected chi connectivity index (χ3v) is 6.29. The number of pyridine rings is 2. The molecule has 0 bridgehead atoms. The first-order chi connectivity index (χ1) is 16.2. The summed E-state index contributed by atoms with van der Waals surface area (Å²) in [6.45, 7) is 0.